The Morgan fingerprint density at radius 1 is 1.09 bits per heavy atom. The molecular weight excluding hydrogens is 284 g/mol. The van der Waals surface area contributed by atoms with E-state index in [9.17, 15) is 9.59 Å². The first-order valence-electron chi connectivity index (χ1n) is 8.01. The van der Waals surface area contributed by atoms with Crippen molar-refractivity contribution in [3.63, 3.8) is 0 Å². The molecule has 0 aliphatic heterocycles. The highest BCUT2D eigenvalue weighted by molar-refractivity contribution is 5.93. The number of rotatable bonds is 12. The third-order valence-electron chi connectivity index (χ3n) is 3.14. The molecule has 0 N–H and O–H groups in total. The summed E-state index contributed by atoms with van der Waals surface area (Å²) in [6, 6.07) is 0. The Morgan fingerprint density at radius 3 is 2.32 bits per heavy atom. The maximum absolute atomic E-state index is 11.9. The van der Waals surface area contributed by atoms with E-state index >= 15 is 0 Å². The first-order chi connectivity index (χ1) is 10.4. The molecule has 0 rings (SSSR count). The molecule has 0 aromatic carbocycles. The van der Waals surface area contributed by atoms with Crippen LogP contribution in [0.15, 0.2) is 12.2 Å². The standard InChI is InChI=1S/C17H30O5/c1-6-8-10-15(9-7-2)22-16(18)11-13(3)17(19)21-14(4)12-20-5/h14-15H,3,6-12H2,1-2,4-5H3. The third-order valence-corrected chi connectivity index (χ3v) is 3.14. The fourth-order valence-electron chi connectivity index (χ4n) is 2.02. The second kappa shape index (κ2) is 12.2. The highest BCUT2D eigenvalue weighted by atomic mass is 16.6. The highest BCUT2D eigenvalue weighted by Crippen LogP contribution is 2.14. The summed E-state index contributed by atoms with van der Waals surface area (Å²) in [6.07, 6.45) is 4.16. The van der Waals surface area contributed by atoms with E-state index in [-0.39, 0.29) is 24.2 Å². The van der Waals surface area contributed by atoms with E-state index in [0.717, 1.165) is 32.1 Å². The predicted molar refractivity (Wildman–Crippen MR) is 85.5 cm³/mol. The van der Waals surface area contributed by atoms with Crippen molar-refractivity contribution in [3.8, 4) is 0 Å². The van der Waals surface area contributed by atoms with E-state index in [0.29, 0.717) is 6.61 Å². The zero-order valence-electron chi connectivity index (χ0n) is 14.4. The van der Waals surface area contributed by atoms with Crippen LogP contribution < -0.4 is 0 Å². The van der Waals surface area contributed by atoms with Crippen molar-refractivity contribution in [2.24, 2.45) is 0 Å². The Labute approximate surface area is 134 Å². The van der Waals surface area contributed by atoms with Crippen LogP contribution in [0, 0.1) is 0 Å². The minimum Gasteiger partial charge on any atom is -0.462 e. The van der Waals surface area contributed by atoms with Gasteiger partial charge in [0.05, 0.1) is 13.0 Å². The molecule has 5 heteroatoms. The van der Waals surface area contributed by atoms with E-state index in [1.54, 1.807) is 6.92 Å². The largest absolute Gasteiger partial charge is 0.462 e. The lowest BCUT2D eigenvalue weighted by Crippen LogP contribution is -2.23. The van der Waals surface area contributed by atoms with Crippen LogP contribution in [0.25, 0.3) is 0 Å². The monoisotopic (exact) mass is 314 g/mol. The summed E-state index contributed by atoms with van der Waals surface area (Å²) in [5.74, 6) is -1.00. The zero-order valence-corrected chi connectivity index (χ0v) is 14.4. The molecule has 2 unspecified atom stereocenters. The first-order valence-corrected chi connectivity index (χ1v) is 8.01. The second-order valence-corrected chi connectivity index (χ2v) is 5.49. The van der Waals surface area contributed by atoms with Gasteiger partial charge in [-0.1, -0.05) is 39.7 Å². The van der Waals surface area contributed by atoms with Crippen LogP contribution >= 0.6 is 0 Å². The van der Waals surface area contributed by atoms with Crippen molar-refractivity contribution in [1.29, 1.82) is 0 Å². The molecule has 2 atom stereocenters. The van der Waals surface area contributed by atoms with Gasteiger partial charge in [0, 0.05) is 12.7 Å². The molecule has 0 aliphatic rings. The van der Waals surface area contributed by atoms with Gasteiger partial charge in [-0.25, -0.2) is 4.79 Å². The highest BCUT2D eigenvalue weighted by Gasteiger charge is 2.19. The van der Waals surface area contributed by atoms with E-state index in [1.807, 2.05) is 0 Å². The van der Waals surface area contributed by atoms with Crippen molar-refractivity contribution >= 4 is 11.9 Å². The lowest BCUT2D eigenvalue weighted by molar-refractivity contribution is -0.152. The predicted octanol–water partition coefficient (Wildman–Crippen LogP) is 3.41. The quantitative estimate of drug-likeness (QED) is 0.408. The molecule has 0 heterocycles. The van der Waals surface area contributed by atoms with Crippen molar-refractivity contribution < 1.29 is 23.8 Å². The van der Waals surface area contributed by atoms with Gasteiger partial charge in [0.1, 0.15) is 12.2 Å². The van der Waals surface area contributed by atoms with Gasteiger partial charge in [0.2, 0.25) is 0 Å². The van der Waals surface area contributed by atoms with E-state index in [1.165, 1.54) is 7.11 Å². The summed E-state index contributed by atoms with van der Waals surface area (Å²) in [6.45, 7) is 9.79. The molecule has 0 amide bonds. The number of carbonyl (C=O) groups is 2. The first kappa shape index (κ1) is 20.6. The summed E-state index contributed by atoms with van der Waals surface area (Å²) in [5.41, 5.74) is 0.110. The molecule has 0 radical (unpaired) electrons. The van der Waals surface area contributed by atoms with Crippen LogP contribution in [0.5, 0.6) is 0 Å². The van der Waals surface area contributed by atoms with Crippen LogP contribution in [0.4, 0.5) is 0 Å². The number of hydrogen-bond donors (Lipinski definition) is 0. The Hall–Kier alpha value is -1.36. The van der Waals surface area contributed by atoms with Crippen LogP contribution in [0.2, 0.25) is 0 Å². The summed E-state index contributed by atoms with van der Waals surface area (Å²) in [5, 5.41) is 0. The molecule has 0 fully saturated rings. The molecule has 0 aliphatic carbocycles. The third kappa shape index (κ3) is 9.55. The molecule has 5 nitrogen and oxygen atoms in total. The minimum absolute atomic E-state index is 0.0753. The number of methoxy groups -OCH3 is 1. The van der Waals surface area contributed by atoms with Crippen molar-refractivity contribution in [3.05, 3.63) is 12.2 Å². The summed E-state index contributed by atoms with van der Waals surface area (Å²) >= 11 is 0. The summed E-state index contributed by atoms with van der Waals surface area (Å²) in [4.78, 5) is 23.7. The maximum Gasteiger partial charge on any atom is 0.334 e. The van der Waals surface area contributed by atoms with Gasteiger partial charge in [-0.15, -0.1) is 0 Å². The number of ether oxygens (including phenoxy) is 3. The average Bonchev–Trinajstić information content (AvgIpc) is 2.44. The summed E-state index contributed by atoms with van der Waals surface area (Å²) < 4.78 is 15.4. The van der Waals surface area contributed by atoms with Gasteiger partial charge < -0.3 is 14.2 Å². The lowest BCUT2D eigenvalue weighted by atomic mass is 10.1. The molecule has 22 heavy (non-hydrogen) atoms. The Morgan fingerprint density at radius 2 is 1.77 bits per heavy atom. The fourth-order valence-corrected chi connectivity index (χ4v) is 2.02. The molecule has 0 saturated heterocycles. The van der Waals surface area contributed by atoms with Gasteiger partial charge in [-0.05, 0) is 19.8 Å². The second-order valence-electron chi connectivity index (χ2n) is 5.49. The SMILES string of the molecule is C=C(CC(=O)OC(CCC)CCCC)C(=O)OC(C)COC. The van der Waals surface area contributed by atoms with Crippen molar-refractivity contribution in [1.82, 2.24) is 0 Å². The van der Waals surface area contributed by atoms with Gasteiger partial charge in [0.15, 0.2) is 0 Å². The van der Waals surface area contributed by atoms with Crippen LogP contribution in [0.3, 0.4) is 0 Å². The van der Waals surface area contributed by atoms with Gasteiger partial charge in [-0.3, -0.25) is 4.79 Å². The average molecular weight is 314 g/mol. The minimum atomic E-state index is -0.581. The number of carbonyl (C=O) groups excluding carboxylic acids is 2. The number of esters is 2. The molecule has 0 saturated carbocycles. The van der Waals surface area contributed by atoms with E-state index in [2.05, 4.69) is 20.4 Å². The van der Waals surface area contributed by atoms with Crippen molar-refractivity contribution in [2.45, 2.75) is 71.5 Å². The Balaban J connectivity index is 4.26. The molecule has 128 valence electrons. The maximum atomic E-state index is 11.9. The molecule has 0 aromatic rings. The normalized spacial score (nSPS) is 13.3. The van der Waals surface area contributed by atoms with E-state index < -0.39 is 11.9 Å². The smallest absolute Gasteiger partial charge is 0.334 e. The van der Waals surface area contributed by atoms with Gasteiger partial charge in [0.25, 0.3) is 0 Å². The van der Waals surface area contributed by atoms with Crippen molar-refractivity contribution in [2.75, 3.05) is 13.7 Å². The van der Waals surface area contributed by atoms with Gasteiger partial charge >= 0.3 is 11.9 Å². The van der Waals surface area contributed by atoms with Crippen LogP contribution in [0.1, 0.15) is 59.3 Å². The van der Waals surface area contributed by atoms with Crippen LogP contribution in [-0.4, -0.2) is 37.9 Å². The number of unbranched alkanes of at least 4 members (excludes halogenated alkanes) is 1. The van der Waals surface area contributed by atoms with Crippen LogP contribution in [-0.2, 0) is 23.8 Å². The molecule has 0 aromatic heterocycles. The van der Waals surface area contributed by atoms with E-state index in [4.69, 9.17) is 14.2 Å². The Kier molecular flexibility index (Phi) is 11.5. The molecular formula is C17H30O5. The zero-order chi connectivity index (χ0) is 17.0. The van der Waals surface area contributed by atoms with Gasteiger partial charge in [-0.2, -0.15) is 0 Å². The lowest BCUT2D eigenvalue weighted by Gasteiger charge is -2.17. The molecule has 0 spiro atoms. The topological polar surface area (TPSA) is 61.8 Å². The Bertz CT molecular complexity index is 351. The number of hydrogen-bond acceptors (Lipinski definition) is 5. The fraction of sp³-hybridized carbons (Fsp3) is 0.765. The summed E-state index contributed by atoms with van der Waals surface area (Å²) in [7, 11) is 1.53. The molecule has 0 bridgehead atoms.